The number of benzene rings is 1. The van der Waals surface area contributed by atoms with E-state index >= 15 is 0 Å². The maximum absolute atomic E-state index is 2.00. The predicted octanol–water partition coefficient (Wildman–Crippen LogP) is 2.15. The first-order valence-corrected chi connectivity index (χ1v) is 2.00. The molecule has 0 aliphatic carbocycles. The van der Waals surface area contributed by atoms with Gasteiger partial charge in [-0.05, 0) is 0 Å². The monoisotopic (exact) mass is 135 g/mol. The van der Waals surface area contributed by atoms with E-state index in [1.807, 2.05) is 36.4 Å². The summed E-state index contributed by atoms with van der Waals surface area (Å²) in [6.07, 6.45) is 0. The van der Waals surface area contributed by atoms with Crippen molar-refractivity contribution in [1.29, 1.82) is 0 Å². The van der Waals surface area contributed by atoms with Crippen LogP contribution in [0.1, 0.15) is 0 Å². The molecular formula is C6H11F2N. The molecule has 0 unspecified atom stereocenters. The molecule has 54 valence electrons. The summed E-state index contributed by atoms with van der Waals surface area (Å²) in [5.74, 6) is 0. The fourth-order valence-corrected chi connectivity index (χ4v) is 0.385. The van der Waals surface area contributed by atoms with Crippen molar-refractivity contribution in [2.24, 2.45) is 0 Å². The number of hydrogen-bond donors (Lipinski definition) is 1. The largest absolute Gasteiger partial charge is 0.344 e. The van der Waals surface area contributed by atoms with Crippen molar-refractivity contribution < 1.29 is 9.41 Å². The molecule has 0 fully saturated rings. The zero-order chi connectivity index (χ0) is 4.24. The highest BCUT2D eigenvalue weighted by atomic mass is 19.0. The van der Waals surface area contributed by atoms with Gasteiger partial charge in [0.2, 0.25) is 0 Å². The molecule has 0 saturated carbocycles. The van der Waals surface area contributed by atoms with Crippen molar-refractivity contribution in [2.75, 3.05) is 0 Å². The van der Waals surface area contributed by atoms with Crippen LogP contribution in [-0.4, -0.2) is 0 Å². The summed E-state index contributed by atoms with van der Waals surface area (Å²) in [5.41, 5.74) is 0. The summed E-state index contributed by atoms with van der Waals surface area (Å²) in [5, 5.41) is 0. The smallest absolute Gasteiger partial charge is 0.0623 e. The van der Waals surface area contributed by atoms with Gasteiger partial charge in [0.25, 0.3) is 0 Å². The molecule has 1 aromatic rings. The first kappa shape index (κ1) is 15.7. The summed E-state index contributed by atoms with van der Waals surface area (Å²) in [6.45, 7) is 0. The Kier molecular flexibility index (Phi) is 17.6. The van der Waals surface area contributed by atoms with E-state index < -0.39 is 0 Å². The first-order chi connectivity index (χ1) is 3.00. The molecule has 0 saturated heterocycles. The molecule has 3 heteroatoms. The van der Waals surface area contributed by atoms with Crippen molar-refractivity contribution >= 4 is 0 Å². The minimum Gasteiger partial charge on any atom is -0.344 e. The molecule has 0 aromatic heterocycles. The Labute approximate surface area is 53.0 Å². The molecular weight excluding hydrogens is 124 g/mol. The van der Waals surface area contributed by atoms with Gasteiger partial charge in [-0.1, -0.05) is 36.4 Å². The van der Waals surface area contributed by atoms with E-state index in [4.69, 9.17) is 0 Å². The van der Waals surface area contributed by atoms with E-state index in [1.165, 1.54) is 0 Å². The molecule has 0 bridgehead atoms. The highest BCUT2D eigenvalue weighted by molar-refractivity contribution is 4.99. The van der Waals surface area contributed by atoms with Gasteiger partial charge in [0.05, 0.1) is 0 Å². The highest BCUT2D eigenvalue weighted by Crippen LogP contribution is 1.79. The summed E-state index contributed by atoms with van der Waals surface area (Å²) in [6, 6.07) is 12.0. The quantitative estimate of drug-likeness (QED) is 0.581. The molecule has 0 aliphatic rings. The van der Waals surface area contributed by atoms with Gasteiger partial charge >= 0.3 is 0 Å². The van der Waals surface area contributed by atoms with Crippen LogP contribution in [0.15, 0.2) is 36.4 Å². The van der Waals surface area contributed by atoms with Crippen molar-refractivity contribution in [3.05, 3.63) is 36.4 Å². The van der Waals surface area contributed by atoms with Crippen LogP contribution in [0, 0.1) is 0 Å². The van der Waals surface area contributed by atoms with Gasteiger partial charge < -0.3 is 6.15 Å². The van der Waals surface area contributed by atoms with Crippen LogP contribution >= 0.6 is 0 Å². The third-order valence-corrected chi connectivity index (χ3v) is 0.667. The van der Waals surface area contributed by atoms with Gasteiger partial charge in [-0.2, -0.15) is 0 Å². The molecule has 0 atom stereocenters. The Bertz CT molecular complexity index is 83.0. The minimum absolute atomic E-state index is 0. The van der Waals surface area contributed by atoms with E-state index in [0.717, 1.165) is 0 Å². The van der Waals surface area contributed by atoms with Crippen LogP contribution in [0.5, 0.6) is 0 Å². The average molecular weight is 135 g/mol. The minimum atomic E-state index is 0. The summed E-state index contributed by atoms with van der Waals surface area (Å²) < 4.78 is 0. The van der Waals surface area contributed by atoms with E-state index in [2.05, 4.69) is 0 Å². The molecule has 0 spiro atoms. The van der Waals surface area contributed by atoms with Crippen LogP contribution < -0.4 is 6.15 Å². The Morgan fingerprint density at radius 2 is 0.556 bits per heavy atom. The molecule has 3 N–H and O–H groups in total. The van der Waals surface area contributed by atoms with Gasteiger partial charge in [-0.3, -0.25) is 9.41 Å². The zero-order valence-corrected chi connectivity index (χ0v) is 4.99. The lowest BCUT2D eigenvalue weighted by Gasteiger charge is -1.69. The second kappa shape index (κ2) is 10.1. The SMILES string of the molecule is F.F.N.c1ccccc1. The van der Waals surface area contributed by atoms with Crippen molar-refractivity contribution in [2.45, 2.75) is 0 Å². The van der Waals surface area contributed by atoms with Gasteiger partial charge in [0.15, 0.2) is 0 Å². The first-order valence-electron chi connectivity index (χ1n) is 2.00. The Hall–Kier alpha value is -0.960. The second-order valence-electron chi connectivity index (χ2n) is 1.15. The van der Waals surface area contributed by atoms with Crippen molar-refractivity contribution in [1.82, 2.24) is 6.15 Å². The zero-order valence-electron chi connectivity index (χ0n) is 4.99. The molecule has 1 rings (SSSR count). The number of halogens is 2. The summed E-state index contributed by atoms with van der Waals surface area (Å²) in [4.78, 5) is 0. The van der Waals surface area contributed by atoms with Gasteiger partial charge in [-0.15, -0.1) is 0 Å². The van der Waals surface area contributed by atoms with Crippen LogP contribution in [0.3, 0.4) is 0 Å². The van der Waals surface area contributed by atoms with Crippen molar-refractivity contribution in [3.63, 3.8) is 0 Å². The van der Waals surface area contributed by atoms with E-state index in [9.17, 15) is 0 Å². The lowest BCUT2D eigenvalue weighted by atomic mass is 10.4. The fourth-order valence-electron chi connectivity index (χ4n) is 0.385. The van der Waals surface area contributed by atoms with E-state index in [0.29, 0.717) is 0 Å². The predicted molar refractivity (Wildman–Crippen MR) is 36.5 cm³/mol. The van der Waals surface area contributed by atoms with E-state index in [-0.39, 0.29) is 15.6 Å². The molecule has 1 aromatic carbocycles. The van der Waals surface area contributed by atoms with Gasteiger partial charge in [0.1, 0.15) is 0 Å². The summed E-state index contributed by atoms with van der Waals surface area (Å²) in [7, 11) is 0. The lowest BCUT2D eigenvalue weighted by Crippen LogP contribution is -1.47. The molecule has 0 radical (unpaired) electrons. The molecule has 1 nitrogen and oxygen atoms in total. The maximum atomic E-state index is 2.00. The van der Waals surface area contributed by atoms with Crippen LogP contribution in [0.2, 0.25) is 0 Å². The molecule has 0 aliphatic heterocycles. The fraction of sp³-hybridized carbons (Fsp3) is 0. The van der Waals surface area contributed by atoms with Gasteiger partial charge in [0, 0.05) is 0 Å². The normalized spacial score (nSPS) is 5.33. The summed E-state index contributed by atoms with van der Waals surface area (Å²) >= 11 is 0. The standard InChI is InChI=1S/C6H6.2FH.H3N/c1-2-4-6-5-3-1;;;/h1-6H;2*1H;1H3. The number of rotatable bonds is 0. The third-order valence-electron chi connectivity index (χ3n) is 0.667. The topological polar surface area (TPSA) is 35.0 Å². The second-order valence-corrected chi connectivity index (χ2v) is 1.15. The highest BCUT2D eigenvalue weighted by Gasteiger charge is 1.57. The van der Waals surface area contributed by atoms with Crippen LogP contribution in [0.25, 0.3) is 0 Å². The van der Waals surface area contributed by atoms with Crippen LogP contribution in [0.4, 0.5) is 9.41 Å². The van der Waals surface area contributed by atoms with Crippen molar-refractivity contribution in [3.8, 4) is 0 Å². The lowest BCUT2D eigenvalue weighted by molar-refractivity contribution is 1.11. The Morgan fingerprint density at radius 3 is 0.667 bits per heavy atom. The Balaban J connectivity index is -0.000000120. The Morgan fingerprint density at radius 1 is 0.444 bits per heavy atom. The van der Waals surface area contributed by atoms with Gasteiger partial charge in [-0.25, -0.2) is 0 Å². The molecule has 0 heterocycles. The third kappa shape index (κ3) is 7.04. The van der Waals surface area contributed by atoms with Crippen LogP contribution in [-0.2, 0) is 0 Å². The number of hydrogen-bond acceptors (Lipinski definition) is 1. The molecule has 9 heavy (non-hydrogen) atoms. The van der Waals surface area contributed by atoms with E-state index in [1.54, 1.807) is 0 Å². The molecule has 0 amide bonds. The average Bonchev–Trinajstić information content (AvgIpc) is 1.72. The maximum Gasteiger partial charge on any atom is -0.0623 e.